The van der Waals surface area contributed by atoms with Crippen molar-refractivity contribution < 1.29 is 9.32 Å². The van der Waals surface area contributed by atoms with E-state index < -0.39 is 16.9 Å². The van der Waals surface area contributed by atoms with E-state index in [0.29, 0.717) is 5.75 Å². The molecule has 2 nitrogen and oxygen atoms in total. The Bertz CT molecular complexity index is 357. The van der Waals surface area contributed by atoms with Gasteiger partial charge in [0.05, 0.1) is 16.9 Å². The zero-order chi connectivity index (χ0) is 12.0. The third-order valence-corrected chi connectivity index (χ3v) is 3.77. The largest absolute Gasteiger partial charge is 0.389 e. The maximum absolute atomic E-state index is 11.9. The summed E-state index contributed by atoms with van der Waals surface area (Å²) in [6.45, 7) is 3.71. The minimum Gasteiger partial charge on any atom is -0.389 e. The van der Waals surface area contributed by atoms with Crippen molar-refractivity contribution in [1.29, 1.82) is 0 Å². The van der Waals surface area contributed by atoms with E-state index in [9.17, 15) is 4.21 Å². The van der Waals surface area contributed by atoms with E-state index in [1.165, 1.54) is 0 Å². The first-order valence-corrected chi connectivity index (χ1v) is 6.71. The maximum atomic E-state index is 11.9. The third kappa shape index (κ3) is 4.73. The summed E-state index contributed by atoms with van der Waals surface area (Å²) < 4.78 is 11.9. The molecule has 88 valence electrons. The van der Waals surface area contributed by atoms with Crippen molar-refractivity contribution >= 4 is 10.8 Å². The monoisotopic (exact) mass is 238 g/mol. The van der Waals surface area contributed by atoms with Crippen molar-refractivity contribution in [2.75, 3.05) is 5.75 Å². The molecule has 0 saturated heterocycles. The molecule has 3 atom stereocenters. The van der Waals surface area contributed by atoms with Crippen LogP contribution < -0.4 is 0 Å². The van der Waals surface area contributed by atoms with Gasteiger partial charge >= 0.3 is 0 Å². The summed E-state index contributed by atoms with van der Waals surface area (Å²) in [6, 6.07) is 9.45. The van der Waals surface area contributed by atoms with Gasteiger partial charge < -0.3 is 5.11 Å². The van der Waals surface area contributed by atoms with Crippen LogP contribution in [0, 0.1) is 5.92 Å². The van der Waals surface area contributed by atoms with Crippen LogP contribution in [0.3, 0.4) is 0 Å². The fourth-order valence-electron chi connectivity index (χ4n) is 1.31. The third-order valence-electron chi connectivity index (χ3n) is 2.14. The number of aliphatic hydroxyl groups excluding tert-OH is 1. The van der Waals surface area contributed by atoms with Crippen LogP contribution >= 0.6 is 0 Å². The van der Waals surface area contributed by atoms with Gasteiger partial charge in [0.2, 0.25) is 0 Å². The highest BCUT2D eigenvalue weighted by Gasteiger charge is 2.06. The van der Waals surface area contributed by atoms with Gasteiger partial charge in [-0.3, -0.25) is 4.21 Å². The second-order valence-corrected chi connectivity index (χ2v) is 5.42. The van der Waals surface area contributed by atoms with Crippen LogP contribution in [0.2, 0.25) is 0 Å². The van der Waals surface area contributed by atoms with Crippen molar-refractivity contribution in [3.05, 3.63) is 42.5 Å². The molecule has 0 aromatic heterocycles. The second kappa shape index (κ2) is 6.61. The predicted octanol–water partition coefficient (Wildman–Crippen LogP) is 2.37. The first-order valence-electron chi connectivity index (χ1n) is 5.39. The standard InChI is InChI=1S/C13H18O2S/c1-11(8-9-12(2)14)10-16(15)13-6-4-3-5-7-13/h3-9,11-12,14H,10H2,1-2H3/b9-8-/t11-,12-,16?/m0/s1. The highest BCUT2D eigenvalue weighted by Crippen LogP contribution is 2.10. The van der Waals surface area contributed by atoms with Gasteiger partial charge in [0.15, 0.2) is 0 Å². The van der Waals surface area contributed by atoms with E-state index in [-0.39, 0.29) is 5.92 Å². The smallest absolute Gasteiger partial charge is 0.0692 e. The number of allylic oxidation sites excluding steroid dienone is 1. The molecule has 0 aliphatic carbocycles. The van der Waals surface area contributed by atoms with Gasteiger partial charge in [-0.1, -0.05) is 37.3 Å². The summed E-state index contributed by atoms with van der Waals surface area (Å²) in [7, 11) is -0.961. The zero-order valence-corrected chi connectivity index (χ0v) is 10.5. The molecule has 1 rings (SSSR count). The van der Waals surface area contributed by atoms with Crippen LogP contribution in [0.25, 0.3) is 0 Å². The van der Waals surface area contributed by atoms with E-state index in [1.807, 2.05) is 43.3 Å². The molecule has 0 heterocycles. The Hall–Kier alpha value is -0.930. The lowest BCUT2D eigenvalue weighted by Gasteiger charge is -2.06. The molecule has 1 aromatic carbocycles. The highest BCUT2D eigenvalue weighted by molar-refractivity contribution is 7.85. The van der Waals surface area contributed by atoms with E-state index >= 15 is 0 Å². The number of aliphatic hydroxyl groups is 1. The summed E-state index contributed by atoms with van der Waals surface area (Å²) >= 11 is 0. The number of benzene rings is 1. The Morgan fingerprint density at radius 2 is 1.88 bits per heavy atom. The quantitative estimate of drug-likeness (QED) is 0.800. The van der Waals surface area contributed by atoms with E-state index in [0.717, 1.165) is 4.90 Å². The van der Waals surface area contributed by atoms with Gasteiger partial charge in [0.25, 0.3) is 0 Å². The van der Waals surface area contributed by atoms with Gasteiger partial charge in [-0.15, -0.1) is 0 Å². The molecule has 1 N–H and O–H groups in total. The molecule has 1 unspecified atom stereocenters. The van der Waals surface area contributed by atoms with Gasteiger partial charge in [0, 0.05) is 10.6 Å². The van der Waals surface area contributed by atoms with Crippen molar-refractivity contribution in [3.63, 3.8) is 0 Å². The normalized spacial score (nSPS) is 17.2. The van der Waals surface area contributed by atoms with Gasteiger partial charge in [-0.25, -0.2) is 0 Å². The SMILES string of the molecule is C[C@H](O)/C=C\[C@H](C)CS(=O)c1ccccc1. The molecule has 0 bridgehead atoms. The molecule has 16 heavy (non-hydrogen) atoms. The van der Waals surface area contributed by atoms with Crippen LogP contribution in [-0.4, -0.2) is 21.2 Å². The van der Waals surface area contributed by atoms with E-state index in [2.05, 4.69) is 0 Å². The summed E-state index contributed by atoms with van der Waals surface area (Å²) in [5, 5.41) is 9.09. The van der Waals surface area contributed by atoms with E-state index in [4.69, 9.17) is 5.11 Å². The molecule has 0 radical (unpaired) electrons. The predicted molar refractivity (Wildman–Crippen MR) is 67.7 cm³/mol. The lowest BCUT2D eigenvalue weighted by molar-refractivity contribution is 0.243. The molecule has 0 aliphatic heterocycles. The average Bonchev–Trinajstić information content (AvgIpc) is 2.27. The maximum Gasteiger partial charge on any atom is 0.0692 e. The minimum atomic E-state index is -0.961. The fraction of sp³-hybridized carbons (Fsp3) is 0.385. The highest BCUT2D eigenvalue weighted by atomic mass is 32.2. The van der Waals surface area contributed by atoms with E-state index in [1.54, 1.807) is 13.0 Å². The van der Waals surface area contributed by atoms with Crippen molar-refractivity contribution in [3.8, 4) is 0 Å². The number of hydrogen-bond donors (Lipinski definition) is 1. The Morgan fingerprint density at radius 3 is 2.44 bits per heavy atom. The average molecular weight is 238 g/mol. The molecule has 0 amide bonds. The Labute approximate surface area is 99.5 Å². The van der Waals surface area contributed by atoms with Gasteiger partial charge in [0.1, 0.15) is 0 Å². The zero-order valence-electron chi connectivity index (χ0n) is 9.67. The van der Waals surface area contributed by atoms with Crippen LogP contribution in [0.4, 0.5) is 0 Å². The molecule has 0 saturated carbocycles. The molecular formula is C13H18O2S. The summed E-state index contributed by atoms with van der Waals surface area (Å²) in [5.74, 6) is 0.795. The number of hydrogen-bond acceptors (Lipinski definition) is 2. The van der Waals surface area contributed by atoms with Crippen LogP contribution in [0.1, 0.15) is 13.8 Å². The Balaban J connectivity index is 2.52. The lowest BCUT2D eigenvalue weighted by atomic mass is 10.2. The van der Waals surface area contributed by atoms with Crippen LogP contribution in [-0.2, 0) is 10.8 Å². The summed E-state index contributed by atoms with van der Waals surface area (Å²) in [5.41, 5.74) is 0. The van der Waals surface area contributed by atoms with Gasteiger partial charge in [-0.05, 0) is 25.0 Å². The summed E-state index contributed by atoms with van der Waals surface area (Å²) in [6.07, 6.45) is 3.20. The molecular weight excluding hydrogens is 220 g/mol. The van der Waals surface area contributed by atoms with Crippen molar-refractivity contribution in [2.45, 2.75) is 24.8 Å². The van der Waals surface area contributed by atoms with Gasteiger partial charge in [-0.2, -0.15) is 0 Å². The summed E-state index contributed by atoms with van der Waals surface area (Å²) in [4.78, 5) is 0.861. The van der Waals surface area contributed by atoms with Crippen molar-refractivity contribution in [2.24, 2.45) is 5.92 Å². The molecule has 0 spiro atoms. The first kappa shape index (κ1) is 13.1. The molecule has 1 aromatic rings. The molecule has 0 aliphatic rings. The van der Waals surface area contributed by atoms with Crippen LogP contribution in [0.5, 0.6) is 0 Å². The second-order valence-electron chi connectivity index (χ2n) is 3.93. The molecule has 3 heteroatoms. The fourth-order valence-corrected chi connectivity index (χ4v) is 2.56. The Kier molecular flexibility index (Phi) is 5.43. The minimum absolute atomic E-state index is 0.204. The molecule has 0 fully saturated rings. The topological polar surface area (TPSA) is 37.3 Å². The van der Waals surface area contributed by atoms with Crippen molar-refractivity contribution in [1.82, 2.24) is 0 Å². The first-order chi connectivity index (χ1) is 7.59. The van der Waals surface area contributed by atoms with Crippen LogP contribution in [0.15, 0.2) is 47.4 Å². The lowest BCUT2D eigenvalue weighted by Crippen LogP contribution is -2.06. The number of rotatable bonds is 5. The Morgan fingerprint density at radius 1 is 1.25 bits per heavy atom.